The van der Waals surface area contributed by atoms with Crippen LogP contribution in [-0.2, 0) is 11.3 Å². The van der Waals surface area contributed by atoms with Crippen LogP contribution in [0.3, 0.4) is 0 Å². The van der Waals surface area contributed by atoms with Crippen molar-refractivity contribution in [3.8, 4) is 5.69 Å². The largest absolute Gasteiger partial charge is 0.444 e. The van der Waals surface area contributed by atoms with Gasteiger partial charge in [0.15, 0.2) is 0 Å². The van der Waals surface area contributed by atoms with Crippen molar-refractivity contribution >= 4 is 27.7 Å². The molecule has 9 heteroatoms. The van der Waals surface area contributed by atoms with E-state index in [0.717, 1.165) is 0 Å². The molecule has 0 saturated carbocycles. The SMILES string of the molecule is Cc1c([N+](=O)[O-])cc(Br)c(-n2cccn2)c1CNC(=O)OC(C)(C)C. The number of ether oxygens (including phenoxy) is 1. The smallest absolute Gasteiger partial charge is 0.407 e. The van der Waals surface area contributed by atoms with E-state index in [1.807, 2.05) is 0 Å². The van der Waals surface area contributed by atoms with E-state index >= 15 is 0 Å². The maximum atomic E-state index is 11.9. The summed E-state index contributed by atoms with van der Waals surface area (Å²) in [6, 6.07) is 3.18. The van der Waals surface area contributed by atoms with Gasteiger partial charge in [-0.25, -0.2) is 9.48 Å². The summed E-state index contributed by atoms with van der Waals surface area (Å²) in [5, 5.41) is 18.1. The predicted octanol–water partition coefficient (Wildman–Crippen LogP) is 3.88. The predicted molar refractivity (Wildman–Crippen MR) is 95.7 cm³/mol. The third-order valence-electron chi connectivity index (χ3n) is 3.35. The highest BCUT2D eigenvalue weighted by atomic mass is 79.9. The number of carbonyl (C=O) groups excluding carboxylic acids is 1. The van der Waals surface area contributed by atoms with Crippen LogP contribution in [0.1, 0.15) is 31.9 Å². The number of halogens is 1. The molecule has 2 aromatic rings. The van der Waals surface area contributed by atoms with Crippen LogP contribution in [0.4, 0.5) is 10.5 Å². The van der Waals surface area contributed by atoms with E-state index in [9.17, 15) is 14.9 Å². The molecule has 0 saturated heterocycles. The molecule has 2 rings (SSSR count). The Morgan fingerprint density at radius 3 is 2.68 bits per heavy atom. The first-order valence-electron chi connectivity index (χ1n) is 7.53. The quantitative estimate of drug-likeness (QED) is 0.608. The first kappa shape index (κ1) is 18.9. The van der Waals surface area contributed by atoms with Crippen LogP contribution in [0.15, 0.2) is 29.0 Å². The number of nitro groups is 1. The molecule has 0 unspecified atom stereocenters. The van der Waals surface area contributed by atoms with Gasteiger partial charge in [-0.15, -0.1) is 0 Å². The maximum absolute atomic E-state index is 11.9. The number of carbonyl (C=O) groups is 1. The number of nitro benzene ring substituents is 1. The number of nitrogens with one attached hydrogen (secondary N) is 1. The van der Waals surface area contributed by atoms with Gasteiger partial charge in [-0.1, -0.05) is 0 Å². The normalized spacial score (nSPS) is 11.2. The molecule has 8 nitrogen and oxygen atoms in total. The van der Waals surface area contributed by atoms with Gasteiger partial charge in [-0.2, -0.15) is 5.10 Å². The zero-order chi connectivity index (χ0) is 18.8. The number of rotatable bonds is 4. The summed E-state index contributed by atoms with van der Waals surface area (Å²) >= 11 is 3.37. The Hall–Kier alpha value is -2.42. The lowest BCUT2D eigenvalue weighted by Crippen LogP contribution is -2.32. The molecule has 0 aliphatic carbocycles. The van der Waals surface area contributed by atoms with E-state index in [-0.39, 0.29) is 12.2 Å². The van der Waals surface area contributed by atoms with Crippen molar-refractivity contribution in [1.29, 1.82) is 0 Å². The first-order valence-corrected chi connectivity index (χ1v) is 8.32. The third-order valence-corrected chi connectivity index (χ3v) is 3.96. The molecule has 0 aliphatic heterocycles. The average molecular weight is 411 g/mol. The van der Waals surface area contributed by atoms with E-state index in [4.69, 9.17) is 4.74 Å². The topological polar surface area (TPSA) is 99.3 Å². The van der Waals surface area contributed by atoms with Crippen molar-refractivity contribution in [2.75, 3.05) is 0 Å². The monoisotopic (exact) mass is 410 g/mol. The second kappa shape index (κ2) is 7.22. The number of amides is 1. The van der Waals surface area contributed by atoms with Gasteiger partial charge in [0.1, 0.15) is 5.60 Å². The highest BCUT2D eigenvalue weighted by molar-refractivity contribution is 9.10. The highest BCUT2D eigenvalue weighted by Gasteiger charge is 2.23. The molecule has 1 N–H and O–H groups in total. The fourth-order valence-corrected chi connectivity index (χ4v) is 2.94. The Morgan fingerprint density at radius 1 is 1.48 bits per heavy atom. The molecule has 134 valence electrons. The van der Waals surface area contributed by atoms with Gasteiger partial charge in [0.05, 0.1) is 15.1 Å². The Labute approximate surface area is 153 Å². The molecular weight excluding hydrogens is 392 g/mol. The highest BCUT2D eigenvalue weighted by Crippen LogP contribution is 2.34. The van der Waals surface area contributed by atoms with Crippen LogP contribution in [0.25, 0.3) is 5.69 Å². The molecule has 0 bridgehead atoms. The molecular formula is C16H19BrN4O4. The van der Waals surface area contributed by atoms with Gasteiger partial charge in [0.2, 0.25) is 0 Å². The molecule has 0 fully saturated rings. The van der Waals surface area contributed by atoms with E-state index < -0.39 is 16.6 Å². The van der Waals surface area contributed by atoms with Crippen molar-refractivity contribution in [2.45, 2.75) is 39.8 Å². The Balaban J connectivity index is 2.43. The molecule has 1 amide bonds. The van der Waals surface area contributed by atoms with Crippen molar-refractivity contribution < 1.29 is 14.5 Å². The van der Waals surface area contributed by atoms with Crippen LogP contribution in [0, 0.1) is 17.0 Å². The second-order valence-electron chi connectivity index (χ2n) is 6.39. The van der Waals surface area contributed by atoms with E-state index in [1.165, 1.54) is 6.07 Å². The summed E-state index contributed by atoms with van der Waals surface area (Å²) in [5.74, 6) is 0. The van der Waals surface area contributed by atoms with Crippen molar-refractivity contribution in [3.63, 3.8) is 0 Å². The minimum absolute atomic E-state index is 0.0382. The van der Waals surface area contributed by atoms with Gasteiger partial charge in [0.25, 0.3) is 5.69 Å². The molecule has 0 atom stereocenters. The standard InChI is InChI=1S/C16H19BrN4O4/c1-10-11(9-18-15(22)25-16(2,3)4)14(20-7-5-6-19-20)12(17)8-13(10)21(23)24/h5-8H,9H2,1-4H3,(H,18,22). The van der Waals surface area contributed by atoms with Crippen LogP contribution < -0.4 is 5.32 Å². The molecule has 1 aromatic heterocycles. The third kappa shape index (κ3) is 4.56. The van der Waals surface area contributed by atoms with E-state index in [2.05, 4.69) is 26.3 Å². The molecule has 0 spiro atoms. The maximum Gasteiger partial charge on any atom is 0.407 e. The lowest BCUT2D eigenvalue weighted by Gasteiger charge is -2.21. The summed E-state index contributed by atoms with van der Waals surface area (Å²) in [7, 11) is 0. The van der Waals surface area contributed by atoms with Gasteiger partial charge < -0.3 is 10.1 Å². The Morgan fingerprint density at radius 2 is 2.16 bits per heavy atom. The zero-order valence-electron chi connectivity index (χ0n) is 14.4. The van der Waals surface area contributed by atoms with Crippen LogP contribution in [0.2, 0.25) is 0 Å². The zero-order valence-corrected chi connectivity index (χ0v) is 16.0. The summed E-state index contributed by atoms with van der Waals surface area (Å²) in [6.45, 7) is 6.99. The molecule has 0 radical (unpaired) electrons. The van der Waals surface area contributed by atoms with Crippen LogP contribution in [-0.4, -0.2) is 26.4 Å². The number of nitrogens with zero attached hydrogens (tertiary/aromatic N) is 3. The van der Waals surface area contributed by atoms with E-state index in [1.54, 1.807) is 50.8 Å². The minimum Gasteiger partial charge on any atom is -0.444 e. The van der Waals surface area contributed by atoms with Crippen molar-refractivity contribution in [2.24, 2.45) is 0 Å². The summed E-state index contributed by atoms with van der Waals surface area (Å²) < 4.78 is 7.32. The molecule has 25 heavy (non-hydrogen) atoms. The average Bonchev–Trinajstić information content (AvgIpc) is 2.99. The summed E-state index contributed by atoms with van der Waals surface area (Å²) in [5.41, 5.74) is 0.992. The molecule has 0 aliphatic rings. The number of hydrogen-bond donors (Lipinski definition) is 1. The number of aromatic nitrogens is 2. The lowest BCUT2D eigenvalue weighted by atomic mass is 10.0. The minimum atomic E-state index is -0.632. The lowest BCUT2D eigenvalue weighted by molar-refractivity contribution is -0.385. The first-order chi connectivity index (χ1) is 11.6. The number of hydrogen-bond acceptors (Lipinski definition) is 5. The Kier molecular flexibility index (Phi) is 5.46. The fraction of sp³-hybridized carbons (Fsp3) is 0.375. The fourth-order valence-electron chi connectivity index (χ4n) is 2.30. The van der Waals surface area contributed by atoms with E-state index in [0.29, 0.717) is 21.3 Å². The molecule has 1 heterocycles. The van der Waals surface area contributed by atoms with Crippen LogP contribution >= 0.6 is 15.9 Å². The van der Waals surface area contributed by atoms with Gasteiger partial charge >= 0.3 is 6.09 Å². The molecule has 1 aromatic carbocycles. The second-order valence-corrected chi connectivity index (χ2v) is 7.25. The van der Waals surface area contributed by atoms with Crippen LogP contribution in [0.5, 0.6) is 0 Å². The van der Waals surface area contributed by atoms with Crippen molar-refractivity contribution in [3.05, 3.63) is 50.2 Å². The summed E-state index contributed by atoms with van der Waals surface area (Å²) in [4.78, 5) is 22.8. The van der Waals surface area contributed by atoms with Gasteiger partial charge in [0, 0.05) is 36.1 Å². The van der Waals surface area contributed by atoms with Gasteiger partial charge in [-0.05, 0) is 49.7 Å². The van der Waals surface area contributed by atoms with Crippen molar-refractivity contribution in [1.82, 2.24) is 15.1 Å². The number of alkyl carbamates (subject to hydrolysis) is 1. The van der Waals surface area contributed by atoms with Gasteiger partial charge in [-0.3, -0.25) is 10.1 Å². The summed E-state index contributed by atoms with van der Waals surface area (Å²) in [6.07, 6.45) is 2.73. The Bertz CT molecular complexity index is 797. The number of benzene rings is 1.